The number of hydrogen-bond acceptors (Lipinski definition) is 6. The topological polar surface area (TPSA) is 65.7 Å². The Bertz CT molecular complexity index is 544. The molecule has 0 spiro atoms. The molecule has 3 heterocycles. The molecule has 0 saturated carbocycles. The van der Waals surface area contributed by atoms with Gasteiger partial charge in [0.1, 0.15) is 6.33 Å². The van der Waals surface area contributed by atoms with Gasteiger partial charge in [-0.05, 0) is 24.4 Å². The smallest absolute Gasteiger partial charge is 0.240 e. The van der Waals surface area contributed by atoms with E-state index in [0.717, 1.165) is 26.1 Å². The molecule has 1 fully saturated rings. The monoisotopic (exact) mass is 297 g/mol. The lowest BCUT2D eigenvalue weighted by Gasteiger charge is -2.20. The highest BCUT2D eigenvalue weighted by atomic mass is 35.5. The summed E-state index contributed by atoms with van der Waals surface area (Å²) in [6, 6.07) is 0. The largest absolute Gasteiger partial charge is 0.381 e. The molecule has 0 aliphatic carbocycles. The van der Waals surface area contributed by atoms with Crippen LogP contribution in [0.4, 0.5) is 0 Å². The Morgan fingerprint density at radius 3 is 2.84 bits per heavy atom. The van der Waals surface area contributed by atoms with E-state index in [1.807, 2.05) is 0 Å². The second-order valence-corrected chi connectivity index (χ2v) is 5.69. The van der Waals surface area contributed by atoms with Crippen LogP contribution in [0.1, 0.15) is 12.8 Å². The zero-order valence-corrected chi connectivity index (χ0v) is 11.6. The molecule has 0 bridgehead atoms. The minimum Gasteiger partial charge on any atom is -0.381 e. The van der Waals surface area contributed by atoms with Crippen LogP contribution >= 0.6 is 23.4 Å². The van der Waals surface area contributed by atoms with Gasteiger partial charge in [-0.25, -0.2) is 4.98 Å². The Hall–Kier alpha value is -1.18. The van der Waals surface area contributed by atoms with Gasteiger partial charge in [-0.2, -0.15) is 15.0 Å². The third-order valence-electron chi connectivity index (χ3n) is 2.75. The molecule has 19 heavy (non-hydrogen) atoms. The average molecular weight is 298 g/mol. The fourth-order valence-corrected chi connectivity index (χ4v) is 3.02. The second-order valence-electron chi connectivity index (χ2n) is 4.09. The highest BCUT2D eigenvalue weighted by molar-refractivity contribution is 7.99. The van der Waals surface area contributed by atoms with Crippen LogP contribution in [0.25, 0.3) is 5.95 Å². The Balaban J connectivity index is 1.81. The number of nitrogens with zero attached hydrogens (tertiary/aromatic N) is 5. The molecule has 8 heteroatoms. The van der Waals surface area contributed by atoms with Crippen molar-refractivity contribution in [1.29, 1.82) is 0 Å². The van der Waals surface area contributed by atoms with Crippen molar-refractivity contribution < 1.29 is 4.74 Å². The highest BCUT2D eigenvalue weighted by Gasteiger charge is 2.17. The van der Waals surface area contributed by atoms with E-state index >= 15 is 0 Å². The second kappa shape index (κ2) is 5.85. The lowest BCUT2D eigenvalue weighted by molar-refractivity contribution is 0.1000. The molecule has 1 aliphatic heterocycles. The van der Waals surface area contributed by atoms with Gasteiger partial charge in [-0.3, -0.25) is 4.57 Å². The Morgan fingerprint density at radius 2 is 2.11 bits per heavy atom. The van der Waals surface area contributed by atoms with Gasteiger partial charge in [0, 0.05) is 30.9 Å². The summed E-state index contributed by atoms with van der Waals surface area (Å²) in [4.78, 5) is 16.6. The summed E-state index contributed by atoms with van der Waals surface area (Å²) in [6.45, 7) is 1.59. The van der Waals surface area contributed by atoms with Crippen LogP contribution in [0.3, 0.4) is 0 Å². The number of imidazole rings is 1. The van der Waals surface area contributed by atoms with E-state index in [4.69, 9.17) is 16.3 Å². The van der Waals surface area contributed by atoms with Crippen molar-refractivity contribution >= 4 is 23.4 Å². The molecule has 0 radical (unpaired) electrons. The van der Waals surface area contributed by atoms with Crippen LogP contribution in [0.5, 0.6) is 0 Å². The van der Waals surface area contributed by atoms with Gasteiger partial charge in [0.25, 0.3) is 0 Å². The SMILES string of the molecule is Clc1nc(SC2CCOCC2)nc(-n2ccnc2)n1. The number of thioether (sulfide) groups is 1. The van der Waals surface area contributed by atoms with Gasteiger partial charge >= 0.3 is 0 Å². The Labute approximate surface area is 119 Å². The zero-order chi connectivity index (χ0) is 13.1. The average Bonchev–Trinajstić information content (AvgIpc) is 2.93. The van der Waals surface area contributed by atoms with Gasteiger partial charge in [0.2, 0.25) is 11.2 Å². The maximum atomic E-state index is 5.95. The molecule has 100 valence electrons. The van der Waals surface area contributed by atoms with Crippen LogP contribution in [-0.2, 0) is 4.74 Å². The molecule has 6 nitrogen and oxygen atoms in total. The molecule has 2 aromatic heterocycles. The maximum absolute atomic E-state index is 5.95. The summed E-state index contributed by atoms with van der Waals surface area (Å²) < 4.78 is 7.05. The predicted octanol–water partition coefficient (Wildman–Crippen LogP) is 1.98. The molecular formula is C11H12ClN5OS. The number of rotatable bonds is 3. The summed E-state index contributed by atoms with van der Waals surface area (Å²) in [7, 11) is 0. The molecule has 0 N–H and O–H groups in total. The number of ether oxygens (including phenoxy) is 1. The fourth-order valence-electron chi connectivity index (χ4n) is 1.81. The highest BCUT2D eigenvalue weighted by Crippen LogP contribution is 2.27. The number of halogens is 1. The van der Waals surface area contributed by atoms with Crippen molar-refractivity contribution in [3.63, 3.8) is 0 Å². The summed E-state index contributed by atoms with van der Waals surface area (Å²) >= 11 is 7.58. The first-order valence-corrected chi connectivity index (χ1v) is 7.21. The quantitative estimate of drug-likeness (QED) is 0.863. The third kappa shape index (κ3) is 3.23. The van der Waals surface area contributed by atoms with Crippen LogP contribution in [0, 0.1) is 0 Å². The molecule has 0 atom stereocenters. The van der Waals surface area contributed by atoms with Gasteiger partial charge in [-0.15, -0.1) is 0 Å². The van der Waals surface area contributed by atoms with Gasteiger partial charge in [-0.1, -0.05) is 11.8 Å². The molecule has 2 aromatic rings. The van der Waals surface area contributed by atoms with Gasteiger partial charge in [0.15, 0.2) is 5.16 Å². The lowest BCUT2D eigenvalue weighted by atomic mass is 10.2. The Morgan fingerprint density at radius 1 is 1.26 bits per heavy atom. The first-order chi connectivity index (χ1) is 9.31. The van der Waals surface area contributed by atoms with Gasteiger partial charge < -0.3 is 4.74 Å². The van der Waals surface area contributed by atoms with E-state index in [2.05, 4.69) is 19.9 Å². The van der Waals surface area contributed by atoms with E-state index in [1.165, 1.54) is 0 Å². The lowest BCUT2D eigenvalue weighted by Crippen LogP contribution is -2.18. The van der Waals surface area contributed by atoms with E-state index in [-0.39, 0.29) is 5.28 Å². The first-order valence-electron chi connectivity index (χ1n) is 5.95. The van der Waals surface area contributed by atoms with E-state index < -0.39 is 0 Å². The number of aromatic nitrogens is 5. The normalized spacial score (nSPS) is 16.7. The third-order valence-corrected chi connectivity index (χ3v) is 4.12. The van der Waals surface area contributed by atoms with E-state index in [1.54, 1.807) is 35.0 Å². The minimum absolute atomic E-state index is 0.202. The molecule has 1 saturated heterocycles. The minimum atomic E-state index is 0.202. The van der Waals surface area contributed by atoms with Crippen molar-refractivity contribution in [3.8, 4) is 5.95 Å². The summed E-state index contributed by atoms with van der Waals surface area (Å²) in [5, 5.41) is 1.33. The summed E-state index contributed by atoms with van der Waals surface area (Å²) in [5.74, 6) is 0.493. The predicted molar refractivity (Wildman–Crippen MR) is 71.7 cm³/mol. The summed E-state index contributed by atoms with van der Waals surface area (Å²) in [6.07, 6.45) is 7.09. The number of hydrogen-bond donors (Lipinski definition) is 0. The van der Waals surface area contributed by atoms with Crippen molar-refractivity contribution in [2.45, 2.75) is 23.2 Å². The maximum Gasteiger partial charge on any atom is 0.240 e. The molecule has 0 aromatic carbocycles. The Kier molecular flexibility index (Phi) is 3.95. The van der Waals surface area contributed by atoms with Crippen molar-refractivity contribution in [2.75, 3.05) is 13.2 Å². The van der Waals surface area contributed by atoms with Crippen molar-refractivity contribution in [1.82, 2.24) is 24.5 Å². The van der Waals surface area contributed by atoms with Crippen molar-refractivity contribution in [3.05, 3.63) is 24.0 Å². The van der Waals surface area contributed by atoms with Crippen LogP contribution in [0.2, 0.25) is 5.28 Å². The first kappa shape index (κ1) is 12.8. The molecular weight excluding hydrogens is 286 g/mol. The van der Waals surface area contributed by atoms with Crippen LogP contribution in [0.15, 0.2) is 23.9 Å². The fraction of sp³-hybridized carbons (Fsp3) is 0.455. The standard InChI is InChI=1S/C11H12ClN5OS/c12-9-14-10(17-4-3-13-7-17)16-11(15-9)19-8-1-5-18-6-2-8/h3-4,7-8H,1-2,5-6H2. The van der Waals surface area contributed by atoms with Crippen molar-refractivity contribution in [2.24, 2.45) is 0 Å². The van der Waals surface area contributed by atoms with Crippen LogP contribution in [-0.4, -0.2) is 43.0 Å². The summed E-state index contributed by atoms with van der Waals surface area (Å²) in [5.41, 5.74) is 0. The van der Waals surface area contributed by atoms with Crippen LogP contribution < -0.4 is 0 Å². The van der Waals surface area contributed by atoms with E-state index in [0.29, 0.717) is 16.4 Å². The molecule has 0 unspecified atom stereocenters. The molecule has 0 amide bonds. The van der Waals surface area contributed by atoms with E-state index in [9.17, 15) is 0 Å². The zero-order valence-electron chi connectivity index (χ0n) is 10.1. The molecule has 1 aliphatic rings. The van der Waals surface area contributed by atoms with Gasteiger partial charge in [0.05, 0.1) is 0 Å². The molecule has 3 rings (SSSR count).